The molecule has 1 heterocycles. The van der Waals surface area contributed by atoms with Gasteiger partial charge in [0.2, 0.25) is 0 Å². The van der Waals surface area contributed by atoms with Crippen molar-refractivity contribution in [3.05, 3.63) is 29.3 Å². The second-order valence-electron chi connectivity index (χ2n) is 4.37. The van der Waals surface area contributed by atoms with E-state index >= 15 is 0 Å². The zero-order valence-corrected chi connectivity index (χ0v) is 10.1. The standard InChI is InChI=1S/C13H13NO5/c15-7-8(4-5-12(17)18)14-6-10-9(13(14)19)2-1-3-11(10)16/h1-3,7-8,16H,4-6H2,(H,17,18). The van der Waals surface area contributed by atoms with Gasteiger partial charge in [-0.1, -0.05) is 6.07 Å². The molecule has 100 valence electrons. The summed E-state index contributed by atoms with van der Waals surface area (Å²) in [4.78, 5) is 35.0. The van der Waals surface area contributed by atoms with E-state index in [2.05, 4.69) is 0 Å². The zero-order chi connectivity index (χ0) is 14.0. The third-order valence-corrected chi connectivity index (χ3v) is 3.18. The van der Waals surface area contributed by atoms with E-state index in [1.54, 1.807) is 12.1 Å². The van der Waals surface area contributed by atoms with Crippen LogP contribution in [0.3, 0.4) is 0 Å². The number of carbonyl (C=O) groups excluding carboxylic acids is 2. The molecule has 0 aliphatic carbocycles. The number of hydrogen-bond donors (Lipinski definition) is 2. The highest BCUT2D eigenvalue weighted by Gasteiger charge is 2.34. The van der Waals surface area contributed by atoms with Crippen LogP contribution >= 0.6 is 0 Å². The van der Waals surface area contributed by atoms with Crippen LogP contribution in [0.5, 0.6) is 5.75 Å². The van der Waals surface area contributed by atoms with E-state index in [-0.39, 0.29) is 31.0 Å². The molecule has 6 heteroatoms. The third kappa shape index (κ3) is 2.42. The maximum absolute atomic E-state index is 12.1. The number of phenolic OH excluding ortho intramolecular Hbond substituents is 1. The fourth-order valence-corrected chi connectivity index (χ4v) is 2.17. The van der Waals surface area contributed by atoms with E-state index in [9.17, 15) is 19.5 Å². The highest BCUT2D eigenvalue weighted by atomic mass is 16.4. The van der Waals surface area contributed by atoms with Gasteiger partial charge in [-0.25, -0.2) is 0 Å². The lowest BCUT2D eigenvalue weighted by Gasteiger charge is -2.22. The fourth-order valence-electron chi connectivity index (χ4n) is 2.17. The first-order chi connectivity index (χ1) is 9.04. The molecule has 0 saturated heterocycles. The van der Waals surface area contributed by atoms with Crippen LogP contribution in [0.2, 0.25) is 0 Å². The summed E-state index contributed by atoms with van der Waals surface area (Å²) in [5, 5.41) is 18.3. The van der Waals surface area contributed by atoms with Gasteiger partial charge in [0, 0.05) is 17.5 Å². The molecule has 2 N–H and O–H groups in total. The van der Waals surface area contributed by atoms with E-state index in [1.807, 2.05) is 0 Å². The molecule has 0 radical (unpaired) electrons. The Morgan fingerprint density at radius 1 is 1.47 bits per heavy atom. The molecule has 1 aromatic rings. The number of carboxylic acids is 1. The maximum atomic E-state index is 12.1. The molecule has 1 unspecified atom stereocenters. The van der Waals surface area contributed by atoms with Crippen LogP contribution in [0.25, 0.3) is 0 Å². The van der Waals surface area contributed by atoms with E-state index in [0.717, 1.165) is 0 Å². The van der Waals surface area contributed by atoms with Crippen molar-refractivity contribution in [2.75, 3.05) is 0 Å². The SMILES string of the molecule is O=CC(CCC(=O)O)N1Cc2c(O)cccc2C1=O. The summed E-state index contributed by atoms with van der Waals surface area (Å²) in [6.45, 7) is 0.129. The van der Waals surface area contributed by atoms with E-state index in [4.69, 9.17) is 5.11 Å². The molecule has 1 atom stereocenters. The lowest BCUT2D eigenvalue weighted by Crippen LogP contribution is -2.37. The van der Waals surface area contributed by atoms with Crippen molar-refractivity contribution < 1.29 is 24.6 Å². The van der Waals surface area contributed by atoms with Crippen LogP contribution in [-0.4, -0.2) is 39.3 Å². The van der Waals surface area contributed by atoms with Gasteiger partial charge in [-0.3, -0.25) is 9.59 Å². The molecule has 0 bridgehead atoms. The summed E-state index contributed by atoms with van der Waals surface area (Å²) >= 11 is 0. The molecule has 1 amide bonds. The first kappa shape index (κ1) is 13.1. The Hall–Kier alpha value is -2.37. The Balaban J connectivity index is 2.20. The van der Waals surface area contributed by atoms with Crippen LogP contribution in [0, 0.1) is 0 Å². The van der Waals surface area contributed by atoms with Crippen molar-refractivity contribution in [2.45, 2.75) is 25.4 Å². The Kier molecular flexibility index (Phi) is 3.50. The Morgan fingerprint density at radius 3 is 2.79 bits per heavy atom. The summed E-state index contributed by atoms with van der Waals surface area (Å²) in [6.07, 6.45) is 0.457. The van der Waals surface area contributed by atoms with Gasteiger partial charge in [0.25, 0.3) is 5.91 Å². The van der Waals surface area contributed by atoms with E-state index < -0.39 is 12.0 Å². The van der Waals surface area contributed by atoms with Gasteiger partial charge in [0.05, 0.1) is 12.6 Å². The molecule has 0 fully saturated rings. The number of carboxylic acid groups (broad SMARTS) is 1. The van der Waals surface area contributed by atoms with Crippen molar-refractivity contribution in [2.24, 2.45) is 0 Å². The average molecular weight is 263 g/mol. The number of carbonyl (C=O) groups is 3. The number of aromatic hydroxyl groups is 1. The number of rotatable bonds is 5. The minimum atomic E-state index is -1.01. The second-order valence-corrected chi connectivity index (χ2v) is 4.37. The summed E-state index contributed by atoms with van der Waals surface area (Å²) in [5.41, 5.74) is 0.844. The van der Waals surface area contributed by atoms with Crippen LogP contribution in [0.1, 0.15) is 28.8 Å². The zero-order valence-electron chi connectivity index (χ0n) is 10.1. The summed E-state index contributed by atoms with van der Waals surface area (Å²) < 4.78 is 0. The van der Waals surface area contributed by atoms with Crippen LogP contribution < -0.4 is 0 Å². The summed E-state index contributed by atoms with van der Waals surface area (Å²) in [5.74, 6) is -1.36. The lowest BCUT2D eigenvalue weighted by atomic mass is 10.1. The molecule has 0 saturated carbocycles. The predicted octanol–water partition coefficient (Wildman–Crippen LogP) is 0.780. The number of hydrogen-bond acceptors (Lipinski definition) is 4. The smallest absolute Gasteiger partial charge is 0.303 e. The Labute approximate surface area is 109 Å². The van der Waals surface area contributed by atoms with Crippen LogP contribution in [0.4, 0.5) is 0 Å². The Morgan fingerprint density at radius 2 is 2.21 bits per heavy atom. The van der Waals surface area contributed by atoms with Crippen LogP contribution in [-0.2, 0) is 16.1 Å². The third-order valence-electron chi connectivity index (χ3n) is 3.18. The number of aliphatic carboxylic acids is 1. The maximum Gasteiger partial charge on any atom is 0.303 e. The van der Waals surface area contributed by atoms with Gasteiger partial charge in [-0.05, 0) is 18.6 Å². The number of phenols is 1. The number of aldehydes is 1. The average Bonchev–Trinajstić information content (AvgIpc) is 2.70. The molecule has 1 aromatic carbocycles. The Bertz CT molecular complexity index is 540. The van der Waals surface area contributed by atoms with Crippen molar-refractivity contribution in [1.82, 2.24) is 4.90 Å². The molecule has 6 nitrogen and oxygen atoms in total. The van der Waals surface area contributed by atoms with Gasteiger partial charge < -0.3 is 19.9 Å². The lowest BCUT2D eigenvalue weighted by molar-refractivity contribution is -0.137. The quantitative estimate of drug-likeness (QED) is 0.765. The van der Waals surface area contributed by atoms with Gasteiger partial charge >= 0.3 is 5.97 Å². The van der Waals surface area contributed by atoms with Crippen LogP contribution in [0.15, 0.2) is 18.2 Å². The van der Waals surface area contributed by atoms with Gasteiger partial charge in [0.1, 0.15) is 12.0 Å². The van der Waals surface area contributed by atoms with Crippen molar-refractivity contribution in [3.8, 4) is 5.75 Å². The molecule has 0 spiro atoms. The van der Waals surface area contributed by atoms with Crippen molar-refractivity contribution in [1.29, 1.82) is 0 Å². The number of nitrogens with zero attached hydrogens (tertiary/aromatic N) is 1. The summed E-state index contributed by atoms with van der Waals surface area (Å²) in [6, 6.07) is 3.83. The van der Waals surface area contributed by atoms with Gasteiger partial charge in [-0.2, -0.15) is 0 Å². The molecule has 0 aromatic heterocycles. The molecule has 1 aliphatic rings. The van der Waals surface area contributed by atoms with E-state index in [0.29, 0.717) is 17.4 Å². The first-order valence-electron chi connectivity index (χ1n) is 5.83. The minimum Gasteiger partial charge on any atom is -0.508 e. The highest BCUT2D eigenvalue weighted by molar-refractivity contribution is 6.00. The normalized spacial score (nSPS) is 15.2. The topological polar surface area (TPSA) is 94.9 Å². The number of benzene rings is 1. The molecule has 2 rings (SSSR count). The summed E-state index contributed by atoms with van der Waals surface area (Å²) in [7, 11) is 0. The molecule has 19 heavy (non-hydrogen) atoms. The highest BCUT2D eigenvalue weighted by Crippen LogP contribution is 2.31. The fraction of sp³-hybridized carbons (Fsp3) is 0.308. The molecular weight excluding hydrogens is 250 g/mol. The first-order valence-corrected chi connectivity index (χ1v) is 5.83. The number of fused-ring (bicyclic) bond motifs is 1. The predicted molar refractivity (Wildman–Crippen MR) is 64.7 cm³/mol. The second kappa shape index (κ2) is 5.09. The van der Waals surface area contributed by atoms with Gasteiger partial charge in [0.15, 0.2) is 0 Å². The van der Waals surface area contributed by atoms with Crippen molar-refractivity contribution in [3.63, 3.8) is 0 Å². The molecule has 1 aliphatic heterocycles. The van der Waals surface area contributed by atoms with Gasteiger partial charge in [-0.15, -0.1) is 0 Å². The number of amides is 1. The van der Waals surface area contributed by atoms with E-state index in [1.165, 1.54) is 11.0 Å². The largest absolute Gasteiger partial charge is 0.508 e. The molecular formula is C13H13NO5. The minimum absolute atomic E-state index is 0.0104. The monoisotopic (exact) mass is 263 g/mol. The van der Waals surface area contributed by atoms with Crippen molar-refractivity contribution >= 4 is 18.2 Å².